The Kier molecular flexibility index (Phi) is 4.92. The number of rotatable bonds is 5. The van der Waals surface area contributed by atoms with E-state index in [0.29, 0.717) is 18.8 Å². The van der Waals surface area contributed by atoms with Crippen LogP contribution >= 0.6 is 11.3 Å². The number of carboxylic acid groups (broad SMARTS) is 1. The summed E-state index contributed by atoms with van der Waals surface area (Å²) in [4.78, 5) is 30.1. The number of carbonyl (C=O) groups is 2. The van der Waals surface area contributed by atoms with Gasteiger partial charge in [-0.05, 0) is 5.56 Å². The third-order valence-electron chi connectivity index (χ3n) is 4.19. The summed E-state index contributed by atoms with van der Waals surface area (Å²) in [7, 11) is 1.57. The van der Waals surface area contributed by atoms with Crippen molar-refractivity contribution in [3.8, 4) is 0 Å². The lowest BCUT2D eigenvalue weighted by molar-refractivity contribution is -0.141. The van der Waals surface area contributed by atoms with Crippen LogP contribution < -0.4 is 0 Å². The van der Waals surface area contributed by atoms with E-state index in [1.807, 2.05) is 30.3 Å². The molecule has 0 saturated carbocycles. The van der Waals surface area contributed by atoms with Crippen LogP contribution in [0.4, 0.5) is 0 Å². The lowest BCUT2D eigenvalue weighted by Gasteiger charge is -2.15. The van der Waals surface area contributed by atoms with Crippen LogP contribution in [0, 0.1) is 5.92 Å². The zero-order valence-corrected chi connectivity index (χ0v) is 14.0. The molecule has 1 aromatic carbocycles. The van der Waals surface area contributed by atoms with Crippen molar-refractivity contribution in [2.24, 2.45) is 5.92 Å². The van der Waals surface area contributed by atoms with Crippen molar-refractivity contribution in [2.45, 2.75) is 12.5 Å². The van der Waals surface area contributed by atoms with E-state index in [1.54, 1.807) is 17.4 Å². The minimum Gasteiger partial charge on any atom is -0.481 e. The fourth-order valence-electron chi connectivity index (χ4n) is 3.02. The molecule has 2 aromatic rings. The van der Waals surface area contributed by atoms with E-state index in [2.05, 4.69) is 4.98 Å². The van der Waals surface area contributed by atoms with Crippen molar-refractivity contribution in [2.75, 3.05) is 20.2 Å². The molecular weight excluding hydrogens is 328 g/mol. The quantitative estimate of drug-likeness (QED) is 0.898. The highest BCUT2D eigenvalue weighted by molar-refractivity contribution is 7.09. The Hall–Kier alpha value is -2.25. The number of ether oxygens (including phenoxy) is 1. The maximum absolute atomic E-state index is 12.6. The van der Waals surface area contributed by atoms with Gasteiger partial charge in [-0.25, -0.2) is 4.98 Å². The molecule has 126 valence electrons. The number of benzene rings is 1. The number of aliphatic carboxylic acids is 1. The molecule has 1 fully saturated rings. The zero-order chi connectivity index (χ0) is 17.1. The first-order valence-electron chi connectivity index (χ1n) is 7.60. The fourth-order valence-corrected chi connectivity index (χ4v) is 3.76. The summed E-state index contributed by atoms with van der Waals surface area (Å²) >= 11 is 1.37. The second-order valence-corrected chi connectivity index (χ2v) is 6.67. The molecule has 24 heavy (non-hydrogen) atoms. The number of thiazole rings is 1. The van der Waals surface area contributed by atoms with Crippen molar-refractivity contribution >= 4 is 23.2 Å². The topological polar surface area (TPSA) is 79.7 Å². The second-order valence-electron chi connectivity index (χ2n) is 5.73. The molecule has 0 bridgehead atoms. The smallest absolute Gasteiger partial charge is 0.308 e. The molecule has 0 radical (unpaired) electrons. The number of hydrogen-bond acceptors (Lipinski definition) is 5. The number of hydrogen-bond donors (Lipinski definition) is 1. The van der Waals surface area contributed by atoms with Crippen molar-refractivity contribution in [3.05, 3.63) is 52.0 Å². The largest absolute Gasteiger partial charge is 0.481 e. The molecule has 2 heterocycles. The number of carboxylic acids is 1. The molecule has 2 unspecified atom stereocenters. The van der Waals surface area contributed by atoms with Crippen molar-refractivity contribution < 1.29 is 19.4 Å². The molecule has 1 aromatic heterocycles. The number of aromatic nitrogens is 1. The predicted octanol–water partition coefficient (Wildman–Crippen LogP) is 2.23. The zero-order valence-electron chi connectivity index (χ0n) is 13.2. The number of carbonyl (C=O) groups excluding carboxylic acids is 1. The molecule has 0 spiro atoms. The molecule has 1 N–H and O–H groups in total. The number of methoxy groups -OCH3 is 1. The van der Waals surface area contributed by atoms with Crippen LogP contribution in [0.25, 0.3) is 0 Å². The maximum Gasteiger partial charge on any atom is 0.308 e. The van der Waals surface area contributed by atoms with E-state index in [-0.39, 0.29) is 18.4 Å². The molecule has 1 saturated heterocycles. The van der Waals surface area contributed by atoms with Gasteiger partial charge in [-0.15, -0.1) is 11.3 Å². The van der Waals surface area contributed by atoms with Gasteiger partial charge >= 0.3 is 5.97 Å². The Morgan fingerprint density at radius 3 is 2.75 bits per heavy atom. The number of amides is 1. The van der Waals surface area contributed by atoms with Crippen LogP contribution in [0.1, 0.15) is 27.0 Å². The van der Waals surface area contributed by atoms with Gasteiger partial charge in [0.05, 0.1) is 12.5 Å². The maximum atomic E-state index is 12.6. The van der Waals surface area contributed by atoms with Crippen molar-refractivity contribution in [3.63, 3.8) is 0 Å². The summed E-state index contributed by atoms with van der Waals surface area (Å²) in [5.74, 6) is -1.91. The predicted molar refractivity (Wildman–Crippen MR) is 89.0 cm³/mol. The summed E-state index contributed by atoms with van der Waals surface area (Å²) in [6, 6.07) is 9.48. The van der Waals surface area contributed by atoms with E-state index in [4.69, 9.17) is 4.74 Å². The van der Waals surface area contributed by atoms with E-state index in [0.717, 1.165) is 10.6 Å². The lowest BCUT2D eigenvalue weighted by Crippen LogP contribution is -2.30. The van der Waals surface area contributed by atoms with Gasteiger partial charge in [-0.3, -0.25) is 9.59 Å². The molecule has 3 rings (SSSR count). The Labute approximate surface area is 143 Å². The fraction of sp³-hybridized carbons (Fsp3) is 0.353. The molecule has 1 amide bonds. The average Bonchev–Trinajstić information content (AvgIpc) is 3.22. The first-order chi connectivity index (χ1) is 11.6. The van der Waals surface area contributed by atoms with E-state index in [1.165, 1.54) is 11.3 Å². The van der Waals surface area contributed by atoms with Crippen LogP contribution in [0.3, 0.4) is 0 Å². The molecular formula is C17H18N2O4S. The Morgan fingerprint density at radius 1 is 1.33 bits per heavy atom. The summed E-state index contributed by atoms with van der Waals surface area (Å²) in [5.41, 5.74) is 1.29. The van der Waals surface area contributed by atoms with Crippen LogP contribution in [0.15, 0.2) is 35.7 Å². The van der Waals surface area contributed by atoms with Gasteiger partial charge in [0.25, 0.3) is 5.91 Å². The average molecular weight is 346 g/mol. The molecule has 7 heteroatoms. The van der Waals surface area contributed by atoms with Crippen LogP contribution in [-0.2, 0) is 16.1 Å². The van der Waals surface area contributed by atoms with Gasteiger partial charge in [-0.1, -0.05) is 30.3 Å². The van der Waals surface area contributed by atoms with Crippen molar-refractivity contribution in [1.82, 2.24) is 9.88 Å². The van der Waals surface area contributed by atoms with Gasteiger partial charge in [0.1, 0.15) is 10.7 Å². The number of likely N-dealkylation sites (tertiary alicyclic amines) is 1. The highest BCUT2D eigenvalue weighted by Gasteiger charge is 2.41. The third kappa shape index (κ3) is 3.32. The minimum atomic E-state index is -0.877. The van der Waals surface area contributed by atoms with Gasteiger partial charge in [-0.2, -0.15) is 0 Å². The van der Waals surface area contributed by atoms with Gasteiger partial charge in [0.2, 0.25) is 0 Å². The molecule has 1 aliphatic heterocycles. The van der Waals surface area contributed by atoms with Crippen LogP contribution in [0.2, 0.25) is 0 Å². The van der Waals surface area contributed by atoms with Crippen LogP contribution in [-0.4, -0.2) is 47.1 Å². The van der Waals surface area contributed by atoms with E-state index < -0.39 is 11.9 Å². The summed E-state index contributed by atoms with van der Waals surface area (Å²) < 4.78 is 5.02. The Bertz CT molecular complexity index is 731. The molecule has 2 atom stereocenters. The first-order valence-corrected chi connectivity index (χ1v) is 8.48. The Morgan fingerprint density at radius 2 is 2.08 bits per heavy atom. The normalized spacial score (nSPS) is 20.3. The van der Waals surface area contributed by atoms with E-state index in [9.17, 15) is 14.7 Å². The van der Waals surface area contributed by atoms with Crippen molar-refractivity contribution in [1.29, 1.82) is 0 Å². The second kappa shape index (κ2) is 7.11. The summed E-state index contributed by atoms with van der Waals surface area (Å²) in [6.45, 7) is 0.949. The monoisotopic (exact) mass is 346 g/mol. The van der Waals surface area contributed by atoms with Gasteiger partial charge in [0, 0.05) is 31.5 Å². The molecule has 1 aliphatic rings. The van der Waals surface area contributed by atoms with Gasteiger partial charge < -0.3 is 14.7 Å². The summed E-state index contributed by atoms with van der Waals surface area (Å²) in [6.07, 6.45) is 0. The van der Waals surface area contributed by atoms with Gasteiger partial charge in [0.15, 0.2) is 0 Å². The molecule has 6 nitrogen and oxygen atoms in total. The highest BCUT2D eigenvalue weighted by Crippen LogP contribution is 2.33. The first kappa shape index (κ1) is 16.6. The SMILES string of the molecule is COCc1nc(C(=O)N2CC(C(=O)O)C(c3ccccc3)C2)cs1. The van der Waals surface area contributed by atoms with Crippen LogP contribution in [0.5, 0.6) is 0 Å². The summed E-state index contributed by atoms with van der Waals surface area (Å²) in [5, 5.41) is 11.9. The third-order valence-corrected chi connectivity index (χ3v) is 5.01. The van der Waals surface area contributed by atoms with E-state index >= 15 is 0 Å². The number of nitrogens with zero attached hydrogens (tertiary/aromatic N) is 2. The highest BCUT2D eigenvalue weighted by atomic mass is 32.1. The standard InChI is InChI=1S/C17H18N2O4S/c1-23-9-15-18-14(10-24-15)16(20)19-7-12(13(8-19)17(21)22)11-5-3-2-4-6-11/h2-6,10,12-13H,7-9H2,1H3,(H,21,22). The minimum absolute atomic E-state index is 0.199. The lowest BCUT2D eigenvalue weighted by atomic mass is 9.89. The Balaban J connectivity index is 1.79. The molecule has 0 aliphatic carbocycles.